The molecule has 0 radical (unpaired) electrons. The first-order chi connectivity index (χ1) is 12.8. The van der Waals surface area contributed by atoms with Gasteiger partial charge in [0.1, 0.15) is 5.82 Å². The van der Waals surface area contributed by atoms with E-state index >= 15 is 0 Å². The molecule has 0 saturated carbocycles. The number of aromatic nitrogens is 5. The molecule has 0 bridgehead atoms. The van der Waals surface area contributed by atoms with Crippen LogP contribution in [0.5, 0.6) is 0 Å². The van der Waals surface area contributed by atoms with Gasteiger partial charge in [-0.1, -0.05) is 11.2 Å². The molecule has 8 nitrogen and oxygen atoms in total. The molecule has 8 heteroatoms. The summed E-state index contributed by atoms with van der Waals surface area (Å²) in [6, 6.07) is 9.45. The topological polar surface area (TPSA) is 89.4 Å². The molecule has 0 N–H and O–H groups in total. The summed E-state index contributed by atoms with van der Waals surface area (Å²) in [7, 11) is 0. The van der Waals surface area contributed by atoms with Gasteiger partial charge in [0.05, 0.1) is 5.39 Å². The van der Waals surface area contributed by atoms with Crippen molar-refractivity contribution in [1.29, 1.82) is 0 Å². The van der Waals surface area contributed by atoms with Crippen LogP contribution in [-0.2, 0) is 0 Å². The second kappa shape index (κ2) is 5.91. The van der Waals surface area contributed by atoms with Crippen LogP contribution in [0.25, 0.3) is 16.7 Å². The molecule has 0 aliphatic carbocycles. The van der Waals surface area contributed by atoms with E-state index in [1.54, 1.807) is 18.3 Å². The lowest BCUT2D eigenvalue weighted by Gasteiger charge is -2.30. The molecule has 1 aliphatic heterocycles. The maximum atomic E-state index is 12.8. The first-order valence-electron chi connectivity index (χ1n) is 8.60. The van der Waals surface area contributed by atoms with Crippen molar-refractivity contribution in [3.63, 3.8) is 0 Å². The molecular formula is C18H16N6O2. The Morgan fingerprint density at radius 3 is 2.88 bits per heavy atom. The molecular weight excluding hydrogens is 332 g/mol. The van der Waals surface area contributed by atoms with E-state index in [0.717, 1.165) is 24.3 Å². The quantitative estimate of drug-likeness (QED) is 0.552. The molecule has 1 aliphatic rings. The Labute approximate surface area is 148 Å². The fraction of sp³-hybridized carbons (Fsp3) is 0.278. The summed E-state index contributed by atoms with van der Waals surface area (Å²) in [6.45, 7) is 1.29. The van der Waals surface area contributed by atoms with E-state index in [4.69, 9.17) is 4.52 Å². The average molecular weight is 348 g/mol. The number of hydrogen-bond acceptors (Lipinski definition) is 6. The molecule has 0 atom stereocenters. The van der Waals surface area contributed by atoms with Crippen LogP contribution in [0, 0.1) is 0 Å². The predicted molar refractivity (Wildman–Crippen MR) is 92.7 cm³/mol. The Kier molecular flexibility index (Phi) is 3.41. The first-order valence-corrected chi connectivity index (χ1v) is 8.60. The van der Waals surface area contributed by atoms with Crippen molar-refractivity contribution in [3.8, 4) is 0 Å². The second-order valence-corrected chi connectivity index (χ2v) is 6.44. The third-order valence-electron chi connectivity index (χ3n) is 4.94. The van der Waals surface area contributed by atoms with E-state index in [9.17, 15) is 4.79 Å². The molecule has 1 saturated heterocycles. The Bertz CT molecular complexity index is 1090. The summed E-state index contributed by atoms with van der Waals surface area (Å²) in [5.74, 6) is 1.37. The summed E-state index contributed by atoms with van der Waals surface area (Å²) in [4.78, 5) is 18.7. The van der Waals surface area contributed by atoms with E-state index in [-0.39, 0.29) is 17.6 Å². The molecule has 0 aromatic carbocycles. The first kappa shape index (κ1) is 15.0. The van der Waals surface area contributed by atoms with Crippen molar-refractivity contribution in [2.45, 2.75) is 18.8 Å². The maximum Gasteiger partial charge on any atom is 0.293 e. The number of likely N-dealkylation sites (tertiary alicyclic amines) is 1. The monoisotopic (exact) mass is 348 g/mol. The minimum Gasteiger partial charge on any atom is -0.348 e. The van der Waals surface area contributed by atoms with Gasteiger partial charge >= 0.3 is 0 Å². The number of amides is 1. The van der Waals surface area contributed by atoms with Crippen LogP contribution in [0.2, 0.25) is 0 Å². The third-order valence-corrected chi connectivity index (χ3v) is 4.94. The smallest absolute Gasteiger partial charge is 0.293 e. The van der Waals surface area contributed by atoms with Crippen molar-refractivity contribution in [2.24, 2.45) is 0 Å². The highest BCUT2D eigenvalue weighted by Gasteiger charge is 2.30. The van der Waals surface area contributed by atoms with Crippen molar-refractivity contribution in [3.05, 3.63) is 54.3 Å². The van der Waals surface area contributed by atoms with E-state index < -0.39 is 0 Å². The Morgan fingerprint density at radius 2 is 2.00 bits per heavy atom. The van der Waals surface area contributed by atoms with Gasteiger partial charge in [-0.25, -0.2) is 4.98 Å². The van der Waals surface area contributed by atoms with Gasteiger partial charge < -0.3 is 9.42 Å². The Morgan fingerprint density at radius 1 is 1.12 bits per heavy atom. The number of hydrogen-bond donors (Lipinski definition) is 0. The maximum absolute atomic E-state index is 12.8. The molecule has 4 aromatic rings. The molecule has 5 rings (SSSR count). The van der Waals surface area contributed by atoms with Crippen LogP contribution in [0.3, 0.4) is 0 Å². The number of pyridine rings is 2. The number of carbonyl (C=O) groups is 1. The lowest BCUT2D eigenvalue weighted by Crippen LogP contribution is -2.38. The highest BCUT2D eigenvalue weighted by Crippen LogP contribution is 2.28. The van der Waals surface area contributed by atoms with Gasteiger partial charge in [-0.05, 0) is 37.1 Å². The van der Waals surface area contributed by atoms with Crippen molar-refractivity contribution < 1.29 is 9.32 Å². The fourth-order valence-electron chi connectivity index (χ4n) is 3.56. The lowest BCUT2D eigenvalue weighted by atomic mass is 9.95. The molecule has 0 unspecified atom stereocenters. The SMILES string of the molecule is O=C(c1onc2ncccc12)N1CCC(c2nnc3ccccn23)CC1. The van der Waals surface area contributed by atoms with Crippen LogP contribution in [0.15, 0.2) is 47.2 Å². The van der Waals surface area contributed by atoms with Crippen molar-refractivity contribution >= 4 is 22.6 Å². The summed E-state index contributed by atoms with van der Waals surface area (Å²) in [5, 5.41) is 13.1. The predicted octanol–water partition coefficient (Wildman–Crippen LogP) is 2.29. The van der Waals surface area contributed by atoms with Gasteiger partial charge in [-0.3, -0.25) is 9.20 Å². The molecule has 5 heterocycles. The van der Waals surface area contributed by atoms with Crippen LogP contribution < -0.4 is 0 Å². The summed E-state index contributed by atoms with van der Waals surface area (Å²) in [6.07, 6.45) is 5.29. The lowest BCUT2D eigenvalue weighted by molar-refractivity contribution is 0.0671. The van der Waals surface area contributed by atoms with E-state index in [1.807, 2.05) is 33.7 Å². The highest BCUT2D eigenvalue weighted by atomic mass is 16.5. The second-order valence-electron chi connectivity index (χ2n) is 6.44. The van der Waals surface area contributed by atoms with Crippen LogP contribution in [-0.4, -0.2) is 48.6 Å². The molecule has 1 amide bonds. The van der Waals surface area contributed by atoms with Gasteiger partial charge in [0.2, 0.25) is 11.4 Å². The minimum absolute atomic E-state index is 0.134. The Hall–Kier alpha value is -3.29. The number of carbonyl (C=O) groups excluding carboxylic acids is 1. The van der Waals surface area contributed by atoms with Gasteiger partial charge in [-0.15, -0.1) is 10.2 Å². The fourth-order valence-corrected chi connectivity index (χ4v) is 3.56. The highest BCUT2D eigenvalue weighted by molar-refractivity contribution is 6.02. The van der Waals surface area contributed by atoms with E-state index in [2.05, 4.69) is 20.3 Å². The third kappa shape index (κ3) is 2.33. The molecule has 0 spiro atoms. The Balaban J connectivity index is 1.35. The standard InChI is InChI=1S/C18H16N6O2/c25-18(15-13-4-3-8-19-16(13)22-26-15)23-10-6-12(7-11-23)17-21-20-14-5-1-2-9-24(14)17/h1-5,8-9,12H,6-7,10-11H2. The summed E-state index contributed by atoms with van der Waals surface area (Å²) < 4.78 is 7.28. The van der Waals surface area contributed by atoms with Gasteiger partial charge in [0, 0.05) is 31.4 Å². The van der Waals surface area contributed by atoms with Crippen molar-refractivity contribution in [2.75, 3.05) is 13.1 Å². The number of rotatable bonds is 2. The summed E-state index contributed by atoms with van der Waals surface area (Å²) in [5.41, 5.74) is 1.31. The van der Waals surface area contributed by atoms with E-state index in [1.165, 1.54) is 0 Å². The normalized spacial score (nSPS) is 15.8. The minimum atomic E-state index is -0.134. The molecule has 130 valence electrons. The largest absolute Gasteiger partial charge is 0.348 e. The zero-order valence-electron chi connectivity index (χ0n) is 13.9. The number of fused-ring (bicyclic) bond motifs is 2. The molecule has 26 heavy (non-hydrogen) atoms. The van der Waals surface area contributed by atoms with Gasteiger partial charge in [-0.2, -0.15) is 0 Å². The zero-order chi connectivity index (χ0) is 17.5. The number of piperidine rings is 1. The molecule has 4 aromatic heterocycles. The van der Waals surface area contributed by atoms with Crippen LogP contribution in [0.4, 0.5) is 0 Å². The van der Waals surface area contributed by atoms with Crippen LogP contribution in [0.1, 0.15) is 35.1 Å². The van der Waals surface area contributed by atoms with Crippen LogP contribution >= 0.6 is 0 Å². The average Bonchev–Trinajstić information content (AvgIpc) is 3.32. The van der Waals surface area contributed by atoms with E-state index in [0.29, 0.717) is 24.1 Å². The number of nitrogens with zero attached hydrogens (tertiary/aromatic N) is 6. The molecule has 1 fully saturated rings. The van der Waals surface area contributed by atoms with Crippen molar-refractivity contribution in [1.82, 2.24) is 29.6 Å². The zero-order valence-corrected chi connectivity index (χ0v) is 13.9. The van der Waals surface area contributed by atoms with Gasteiger partial charge in [0.15, 0.2) is 5.65 Å². The van der Waals surface area contributed by atoms with Gasteiger partial charge in [0.25, 0.3) is 5.91 Å². The summed E-state index contributed by atoms with van der Waals surface area (Å²) >= 11 is 0.